The number of allylic oxidation sites excluding steroid dienone is 1. The second kappa shape index (κ2) is 6.66. The molecule has 2 aromatic rings. The molecule has 106 valence electrons. The van der Waals surface area contributed by atoms with E-state index in [4.69, 9.17) is 4.74 Å². The smallest absolute Gasteiger partial charge is 0.338 e. The van der Waals surface area contributed by atoms with Gasteiger partial charge >= 0.3 is 5.97 Å². The summed E-state index contributed by atoms with van der Waals surface area (Å²) in [5.41, 5.74) is 2.82. The summed E-state index contributed by atoms with van der Waals surface area (Å²) in [6.45, 7) is 1.97. The molecular weight excluding hydrogens is 264 g/mol. The van der Waals surface area contributed by atoms with E-state index >= 15 is 0 Å². The Morgan fingerprint density at radius 2 is 1.67 bits per heavy atom. The van der Waals surface area contributed by atoms with E-state index in [0.29, 0.717) is 16.7 Å². The van der Waals surface area contributed by atoms with Gasteiger partial charge in [0.05, 0.1) is 12.7 Å². The molecule has 21 heavy (non-hydrogen) atoms. The van der Waals surface area contributed by atoms with Crippen molar-refractivity contribution in [3.05, 3.63) is 76.9 Å². The van der Waals surface area contributed by atoms with Crippen LogP contribution >= 0.6 is 0 Å². The fourth-order valence-corrected chi connectivity index (χ4v) is 1.92. The first-order valence-corrected chi connectivity index (χ1v) is 6.58. The van der Waals surface area contributed by atoms with Gasteiger partial charge in [0.25, 0.3) is 0 Å². The van der Waals surface area contributed by atoms with Crippen LogP contribution in [0.15, 0.2) is 54.6 Å². The molecule has 0 fully saturated rings. The average molecular weight is 280 g/mol. The zero-order valence-electron chi connectivity index (χ0n) is 12.0. The SMILES string of the molecule is COC(=O)c1ccccc1/C=C/C(=O)c1ccc(C)cc1. The van der Waals surface area contributed by atoms with Gasteiger partial charge in [-0.2, -0.15) is 0 Å². The lowest BCUT2D eigenvalue weighted by molar-refractivity contribution is 0.0600. The summed E-state index contributed by atoms with van der Waals surface area (Å²) in [6.07, 6.45) is 3.10. The number of methoxy groups -OCH3 is 1. The van der Waals surface area contributed by atoms with Crippen LogP contribution in [0.5, 0.6) is 0 Å². The summed E-state index contributed by atoms with van der Waals surface area (Å²) in [7, 11) is 1.33. The van der Waals surface area contributed by atoms with E-state index in [-0.39, 0.29) is 5.78 Å². The standard InChI is InChI=1S/C18H16O3/c1-13-7-9-15(10-8-13)17(19)12-11-14-5-3-4-6-16(14)18(20)21-2/h3-12H,1-2H3/b12-11+. The third kappa shape index (κ3) is 3.66. The van der Waals surface area contributed by atoms with Crippen molar-refractivity contribution in [2.45, 2.75) is 6.92 Å². The lowest BCUT2D eigenvalue weighted by Gasteiger charge is -2.03. The normalized spacial score (nSPS) is 10.6. The minimum atomic E-state index is -0.418. The number of carbonyl (C=O) groups is 2. The zero-order valence-corrected chi connectivity index (χ0v) is 12.0. The van der Waals surface area contributed by atoms with Crippen molar-refractivity contribution >= 4 is 17.8 Å². The molecule has 0 saturated carbocycles. The Bertz CT molecular complexity index is 682. The molecule has 0 N–H and O–H groups in total. The number of hydrogen-bond acceptors (Lipinski definition) is 3. The molecule has 0 atom stereocenters. The van der Waals surface area contributed by atoms with Crippen molar-refractivity contribution in [1.82, 2.24) is 0 Å². The van der Waals surface area contributed by atoms with Crippen molar-refractivity contribution in [3.8, 4) is 0 Å². The van der Waals surface area contributed by atoms with Crippen molar-refractivity contribution in [1.29, 1.82) is 0 Å². The van der Waals surface area contributed by atoms with Crippen LogP contribution in [0.4, 0.5) is 0 Å². The number of hydrogen-bond donors (Lipinski definition) is 0. The Kier molecular flexibility index (Phi) is 4.67. The van der Waals surface area contributed by atoms with Gasteiger partial charge < -0.3 is 4.74 Å². The van der Waals surface area contributed by atoms with E-state index in [1.165, 1.54) is 13.2 Å². The number of aryl methyl sites for hydroxylation is 1. The molecule has 0 bridgehead atoms. The van der Waals surface area contributed by atoms with Crippen LogP contribution in [0.2, 0.25) is 0 Å². The zero-order chi connectivity index (χ0) is 15.2. The monoisotopic (exact) mass is 280 g/mol. The highest BCUT2D eigenvalue weighted by atomic mass is 16.5. The summed E-state index contributed by atoms with van der Waals surface area (Å²) >= 11 is 0. The largest absolute Gasteiger partial charge is 0.465 e. The molecule has 0 saturated heterocycles. The number of rotatable bonds is 4. The van der Waals surface area contributed by atoms with E-state index in [1.807, 2.05) is 25.1 Å². The van der Waals surface area contributed by atoms with Gasteiger partial charge in [-0.05, 0) is 24.6 Å². The number of esters is 1. The number of carbonyl (C=O) groups excluding carboxylic acids is 2. The van der Waals surface area contributed by atoms with Gasteiger partial charge in [0.1, 0.15) is 0 Å². The molecule has 2 rings (SSSR count). The Balaban J connectivity index is 2.23. The van der Waals surface area contributed by atoms with Crippen molar-refractivity contribution < 1.29 is 14.3 Å². The average Bonchev–Trinajstić information content (AvgIpc) is 2.52. The number of ether oxygens (including phenoxy) is 1. The lowest BCUT2D eigenvalue weighted by atomic mass is 10.0. The fraction of sp³-hybridized carbons (Fsp3) is 0.111. The van der Waals surface area contributed by atoms with Crippen LogP contribution < -0.4 is 0 Å². The molecule has 3 nitrogen and oxygen atoms in total. The molecule has 0 spiro atoms. The highest BCUT2D eigenvalue weighted by Crippen LogP contribution is 2.13. The maximum absolute atomic E-state index is 12.1. The fourth-order valence-electron chi connectivity index (χ4n) is 1.92. The molecule has 0 aliphatic heterocycles. The first-order valence-electron chi connectivity index (χ1n) is 6.58. The Morgan fingerprint density at radius 1 is 1.00 bits per heavy atom. The minimum Gasteiger partial charge on any atom is -0.465 e. The Hall–Kier alpha value is -2.68. The van der Waals surface area contributed by atoms with Gasteiger partial charge in [-0.1, -0.05) is 54.1 Å². The second-order valence-electron chi connectivity index (χ2n) is 4.64. The quantitative estimate of drug-likeness (QED) is 0.487. The van der Waals surface area contributed by atoms with Crippen LogP contribution in [-0.4, -0.2) is 18.9 Å². The predicted octanol–water partition coefficient (Wildman–Crippen LogP) is 3.68. The van der Waals surface area contributed by atoms with E-state index in [2.05, 4.69) is 0 Å². The molecule has 0 aliphatic rings. The van der Waals surface area contributed by atoms with E-state index < -0.39 is 5.97 Å². The summed E-state index contributed by atoms with van der Waals surface area (Å²) in [4.78, 5) is 23.7. The van der Waals surface area contributed by atoms with Crippen LogP contribution in [0, 0.1) is 6.92 Å². The first kappa shape index (κ1) is 14.7. The highest BCUT2D eigenvalue weighted by molar-refractivity contribution is 6.07. The molecular formula is C18H16O3. The molecule has 0 aromatic heterocycles. The molecule has 0 radical (unpaired) electrons. The van der Waals surface area contributed by atoms with Crippen LogP contribution in [0.1, 0.15) is 31.8 Å². The van der Waals surface area contributed by atoms with Gasteiger partial charge in [0, 0.05) is 5.56 Å². The maximum atomic E-state index is 12.1. The van der Waals surface area contributed by atoms with Gasteiger partial charge in [-0.15, -0.1) is 0 Å². The third-order valence-electron chi connectivity index (χ3n) is 3.12. The molecule has 3 heteroatoms. The van der Waals surface area contributed by atoms with E-state index in [0.717, 1.165) is 5.56 Å². The third-order valence-corrected chi connectivity index (χ3v) is 3.12. The summed E-state index contributed by atoms with van der Waals surface area (Å²) in [5, 5.41) is 0. The van der Waals surface area contributed by atoms with Gasteiger partial charge in [0.15, 0.2) is 5.78 Å². The lowest BCUT2D eigenvalue weighted by Crippen LogP contribution is -2.03. The molecule has 0 unspecified atom stereocenters. The van der Waals surface area contributed by atoms with E-state index in [1.54, 1.807) is 36.4 Å². The topological polar surface area (TPSA) is 43.4 Å². The summed E-state index contributed by atoms with van der Waals surface area (Å²) < 4.78 is 4.72. The molecule has 2 aromatic carbocycles. The maximum Gasteiger partial charge on any atom is 0.338 e. The van der Waals surface area contributed by atoms with Gasteiger partial charge in [-0.3, -0.25) is 4.79 Å². The van der Waals surface area contributed by atoms with Crippen molar-refractivity contribution in [2.24, 2.45) is 0 Å². The first-order chi connectivity index (χ1) is 10.1. The van der Waals surface area contributed by atoms with Crippen LogP contribution in [-0.2, 0) is 4.74 Å². The van der Waals surface area contributed by atoms with Crippen LogP contribution in [0.3, 0.4) is 0 Å². The number of ketones is 1. The highest BCUT2D eigenvalue weighted by Gasteiger charge is 2.09. The summed E-state index contributed by atoms with van der Waals surface area (Å²) in [6, 6.07) is 14.4. The molecule has 0 amide bonds. The van der Waals surface area contributed by atoms with Crippen LogP contribution in [0.25, 0.3) is 6.08 Å². The van der Waals surface area contributed by atoms with Crippen molar-refractivity contribution in [2.75, 3.05) is 7.11 Å². The Morgan fingerprint density at radius 3 is 2.33 bits per heavy atom. The van der Waals surface area contributed by atoms with Gasteiger partial charge in [0.2, 0.25) is 0 Å². The minimum absolute atomic E-state index is 0.102. The van der Waals surface area contributed by atoms with Crippen molar-refractivity contribution in [3.63, 3.8) is 0 Å². The second-order valence-corrected chi connectivity index (χ2v) is 4.64. The Labute approximate surface area is 123 Å². The molecule has 0 heterocycles. The molecule has 0 aliphatic carbocycles. The summed E-state index contributed by atoms with van der Waals surface area (Å²) in [5.74, 6) is -0.521. The predicted molar refractivity (Wildman–Crippen MR) is 82.3 cm³/mol. The van der Waals surface area contributed by atoms with E-state index in [9.17, 15) is 9.59 Å². The number of benzene rings is 2. The van der Waals surface area contributed by atoms with Gasteiger partial charge in [-0.25, -0.2) is 4.79 Å².